The number of fused-ring (bicyclic) bond motifs is 1. The number of ether oxygens (including phenoxy) is 2. The molecule has 96 valence electrons. The Bertz CT molecular complexity index is 503. The predicted octanol–water partition coefficient (Wildman–Crippen LogP) is 2.70. The molecule has 4 heteroatoms. The number of carbonyl (C=O) groups excluding carboxylic acids is 1. The van der Waals surface area contributed by atoms with Gasteiger partial charge in [-0.25, -0.2) is 0 Å². The molecule has 0 radical (unpaired) electrons. The van der Waals surface area contributed by atoms with Crippen LogP contribution in [0.25, 0.3) is 0 Å². The fourth-order valence-corrected chi connectivity index (χ4v) is 1.93. The number of carbonyl (C=O) groups is 1. The third kappa shape index (κ3) is 2.32. The molecule has 0 bridgehead atoms. The molecule has 0 fully saturated rings. The van der Waals surface area contributed by atoms with Crippen molar-refractivity contribution < 1.29 is 19.4 Å². The van der Waals surface area contributed by atoms with Crippen molar-refractivity contribution in [3.63, 3.8) is 0 Å². The summed E-state index contributed by atoms with van der Waals surface area (Å²) in [6.45, 7) is 7.52. The Morgan fingerprint density at radius 2 is 2.28 bits per heavy atom. The van der Waals surface area contributed by atoms with Gasteiger partial charge in [0.1, 0.15) is 18.0 Å². The maximum atomic E-state index is 11.9. The zero-order valence-corrected chi connectivity index (χ0v) is 10.5. The summed E-state index contributed by atoms with van der Waals surface area (Å²) in [5.74, 6) is 0.645. The average Bonchev–Trinajstić information content (AvgIpc) is 2.26. The zero-order valence-electron chi connectivity index (χ0n) is 10.5. The van der Waals surface area contributed by atoms with Crippen LogP contribution in [-0.4, -0.2) is 23.1 Å². The van der Waals surface area contributed by atoms with Crippen LogP contribution < -0.4 is 9.47 Å². The molecule has 0 aromatic heterocycles. The minimum atomic E-state index is -0.531. The van der Waals surface area contributed by atoms with Gasteiger partial charge in [0.25, 0.3) is 0 Å². The third-order valence-corrected chi connectivity index (χ3v) is 2.69. The molecule has 1 aromatic carbocycles. The molecule has 0 saturated carbocycles. The first-order valence-corrected chi connectivity index (χ1v) is 5.76. The van der Waals surface area contributed by atoms with Gasteiger partial charge in [0.15, 0.2) is 17.3 Å². The van der Waals surface area contributed by atoms with Crippen molar-refractivity contribution in [1.82, 2.24) is 0 Å². The fourth-order valence-electron chi connectivity index (χ4n) is 1.93. The molecule has 1 aromatic rings. The topological polar surface area (TPSA) is 55.8 Å². The van der Waals surface area contributed by atoms with Gasteiger partial charge in [-0.3, -0.25) is 4.79 Å². The van der Waals surface area contributed by atoms with E-state index in [-0.39, 0.29) is 18.1 Å². The normalized spacial score (nSPS) is 16.7. The molecule has 1 heterocycles. The van der Waals surface area contributed by atoms with Crippen molar-refractivity contribution in [3.8, 4) is 17.2 Å². The Kier molecular flexibility index (Phi) is 3.03. The molecular weight excluding hydrogens is 232 g/mol. The molecule has 0 aliphatic carbocycles. The number of benzene rings is 1. The Balaban J connectivity index is 2.41. The summed E-state index contributed by atoms with van der Waals surface area (Å²) in [5.41, 5.74) is -0.130. The van der Waals surface area contributed by atoms with Crippen LogP contribution in [-0.2, 0) is 0 Å². The van der Waals surface area contributed by atoms with Gasteiger partial charge in [-0.05, 0) is 19.9 Å². The van der Waals surface area contributed by atoms with Crippen LogP contribution in [0, 0.1) is 0 Å². The lowest BCUT2D eigenvalue weighted by atomic mass is 9.93. The van der Waals surface area contributed by atoms with Gasteiger partial charge in [-0.2, -0.15) is 0 Å². The standard InChI is InChI=1S/C14H16O4/c1-4-5-17-13-7-12-9(6-10(13)15)11(16)8-14(2,3)18-12/h4,6-7,15H,1,5,8H2,2-3H3. The summed E-state index contributed by atoms with van der Waals surface area (Å²) in [4.78, 5) is 11.9. The molecular formula is C14H16O4. The van der Waals surface area contributed by atoms with Crippen LogP contribution >= 0.6 is 0 Å². The van der Waals surface area contributed by atoms with E-state index in [0.717, 1.165) is 0 Å². The van der Waals surface area contributed by atoms with E-state index >= 15 is 0 Å². The summed E-state index contributed by atoms with van der Waals surface area (Å²) in [7, 11) is 0. The van der Waals surface area contributed by atoms with Gasteiger partial charge in [0, 0.05) is 6.07 Å². The molecule has 18 heavy (non-hydrogen) atoms. The Morgan fingerprint density at radius 1 is 1.56 bits per heavy atom. The second kappa shape index (κ2) is 4.37. The Hall–Kier alpha value is -1.97. The van der Waals surface area contributed by atoms with Crippen LogP contribution in [0.1, 0.15) is 30.6 Å². The number of aromatic hydroxyl groups is 1. The number of ketones is 1. The highest BCUT2D eigenvalue weighted by molar-refractivity contribution is 6.01. The molecule has 1 N–H and O–H groups in total. The van der Waals surface area contributed by atoms with Crippen LogP contribution in [0.2, 0.25) is 0 Å². The van der Waals surface area contributed by atoms with E-state index in [4.69, 9.17) is 9.47 Å². The summed E-state index contributed by atoms with van der Waals surface area (Å²) >= 11 is 0. The highest BCUT2D eigenvalue weighted by atomic mass is 16.5. The van der Waals surface area contributed by atoms with Gasteiger partial charge >= 0.3 is 0 Å². The fraction of sp³-hybridized carbons (Fsp3) is 0.357. The van der Waals surface area contributed by atoms with E-state index in [1.165, 1.54) is 6.07 Å². The lowest BCUT2D eigenvalue weighted by Gasteiger charge is -2.31. The van der Waals surface area contributed by atoms with E-state index in [1.54, 1.807) is 12.1 Å². The van der Waals surface area contributed by atoms with E-state index in [2.05, 4.69) is 6.58 Å². The minimum Gasteiger partial charge on any atom is -0.504 e. The number of phenols is 1. The maximum absolute atomic E-state index is 11.9. The highest BCUT2D eigenvalue weighted by Crippen LogP contribution is 2.40. The minimum absolute atomic E-state index is 0.0354. The molecule has 0 spiro atoms. The quantitative estimate of drug-likeness (QED) is 0.835. The summed E-state index contributed by atoms with van der Waals surface area (Å²) in [6, 6.07) is 2.94. The first-order chi connectivity index (χ1) is 8.43. The smallest absolute Gasteiger partial charge is 0.170 e. The predicted molar refractivity (Wildman–Crippen MR) is 67.5 cm³/mol. The van der Waals surface area contributed by atoms with Crippen molar-refractivity contribution in [2.75, 3.05) is 6.61 Å². The van der Waals surface area contributed by atoms with Crippen LogP contribution in [0.3, 0.4) is 0 Å². The van der Waals surface area contributed by atoms with Crippen LogP contribution in [0.15, 0.2) is 24.8 Å². The van der Waals surface area contributed by atoms with E-state index in [0.29, 0.717) is 23.5 Å². The van der Waals surface area contributed by atoms with Gasteiger partial charge in [-0.15, -0.1) is 0 Å². The Labute approximate surface area is 106 Å². The number of Topliss-reactive ketones (excluding diaryl/α,β-unsaturated/α-hetero) is 1. The number of phenolic OH excluding ortho intramolecular Hbond substituents is 1. The summed E-state index contributed by atoms with van der Waals surface area (Å²) in [5, 5.41) is 9.77. The Morgan fingerprint density at radius 3 is 2.94 bits per heavy atom. The van der Waals surface area contributed by atoms with E-state index in [1.807, 2.05) is 13.8 Å². The zero-order chi connectivity index (χ0) is 13.3. The summed E-state index contributed by atoms with van der Waals surface area (Å²) < 4.78 is 11.0. The molecule has 1 aliphatic rings. The van der Waals surface area contributed by atoms with Crippen molar-refractivity contribution >= 4 is 5.78 Å². The lowest BCUT2D eigenvalue weighted by Crippen LogP contribution is -2.35. The van der Waals surface area contributed by atoms with Crippen LogP contribution in [0.4, 0.5) is 0 Å². The van der Waals surface area contributed by atoms with Crippen molar-refractivity contribution in [2.24, 2.45) is 0 Å². The number of hydrogen-bond donors (Lipinski definition) is 1. The largest absolute Gasteiger partial charge is 0.504 e. The molecule has 0 saturated heterocycles. The van der Waals surface area contributed by atoms with E-state index < -0.39 is 5.60 Å². The molecule has 0 atom stereocenters. The highest BCUT2D eigenvalue weighted by Gasteiger charge is 2.33. The van der Waals surface area contributed by atoms with Crippen LogP contribution in [0.5, 0.6) is 17.2 Å². The van der Waals surface area contributed by atoms with Gasteiger partial charge < -0.3 is 14.6 Å². The van der Waals surface area contributed by atoms with E-state index in [9.17, 15) is 9.90 Å². The number of hydrogen-bond acceptors (Lipinski definition) is 4. The number of rotatable bonds is 3. The first-order valence-electron chi connectivity index (χ1n) is 5.76. The monoisotopic (exact) mass is 248 g/mol. The molecule has 1 aliphatic heterocycles. The maximum Gasteiger partial charge on any atom is 0.170 e. The molecule has 4 nitrogen and oxygen atoms in total. The SMILES string of the molecule is C=CCOc1cc2c(cc1O)C(=O)CC(C)(C)O2. The van der Waals surface area contributed by atoms with Crippen molar-refractivity contribution in [2.45, 2.75) is 25.9 Å². The van der Waals surface area contributed by atoms with Gasteiger partial charge in [-0.1, -0.05) is 12.7 Å². The molecule has 0 unspecified atom stereocenters. The van der Waals surface area contributed by atoms with Gasteiger partial charge in [0.2, 0.25) is 0 Å². The second-order valence-corrected chi connectivity index (χ2v) is 4.88. The van der Waals surface area contributed by atoms with Crippen molar-refractivity contribution in [1.29, 1.82) is 0 Å². The van der Waals surface area contributed by atoms with Gasteiger partial charge in [0.05, 0.1) is 12.0 Å². The summed E-state index contributed by atoms with van der Waals surface area (Å²) in [6.07, 6.45) is 1.88. The lowest BCUT2D eigenvalue weighted by molar-refractivity contribution is 0.0617. The average molecular weight is 248 g/mol. The molecule has 0 amide bonds. The third-order valence-electron chi connectivity index (χ3n) is 2.69. The van der Waals surface area contributed by atoms with Crippen molar-refractivity contribution in [3.05, 3.63) is 30.4 Å². The molecule has 2 rings (SSSR count). The second-order valence-electron chi connectivity index (χ2n) is 4.88. The first kappa shape index (κ1) is 12.5.